The van der Waals surface area contributed by atoms with Crippen molar-refractivity contribution in [3.63, 3.8) is 0 Å². The SMILES string of the molecule is Cc1cc(Cl)cc2c1OC(C(F)(F)F)C(C(=O)OC(C)OC(=O)OCCOCCO[N+](=O)[O-])=C2. The molecule has 0 bridgehead atoms. The molecule has 0 amide bonds. The zero-order valence-corrected chi connectivity index (χ0v) is 18.5. The molecule has 2 rings (SSSR count). The zero-order valence-electron chi connectivity index (χ0n) is 17.8. The van der Waals surface area contributed by atoms with Gasteiger partial charge in [-0.2, -0.15) is 13.2 Å². The number of nitrogens with zero attached hydrogens (tertiary/aromatic N) is 1. The number of hydrogen-bond acceptors (Lipinski definition) is 10. The van der Waals surface area contributed by atoms with Crippen molar-refractivity contribution in [2.75, 3.05) is 26.4 Å². The first-order valence-corrected chi connectivity index (χ1v) is 9.90. The minimum absolute atomic E-state index is 0.0803. The highest BCUT2D eigenvalue weighted by Gasteiger charge is 2.49. The van der Waals surface area contributed by atoms with Gasteiger partial charge in [0, 0.05) is 17.5 Å². The molecule has 0 saturated heterocycles. The van der Waals surface area contributed by atoms with Crippen LogP contribution in [-0.2, 0) is 28.6 Å². The fraction of sp³-hybridized carbons (Fsp3) is 0.474. The first kappa shape index (κ1) is 27.0. The molecule has 2 unspecified atom stereocenters. The number of carbonyl (C=O) groups is 2. The Morgan fingerprint density at radius 1 is 1.21 bits per heavy atom. The van der Waals surface area contributed by atoms with Crippen molar-refractivity contribution in [2.45, 2.75) is 32.4 Å². The first-order valence-electron chi connectivity index (χ1n) is 9.53. The molecule has 1 aromatic carbocycles. The van der Waals surface area contributed by atoms with Crippen LogP contribution in [0.4, 0.5) is 18.0 Å². The minimum atomic E-state index is -4.94. The second-order valence-electron chi connectivity index (χ2n) is 6.64. The monoisotopic (exact) mass is 513 g/mol. The molecule has 1 aliphatic rings. The van der Waals surface area contributed by atoms with Crippen LogP contribution < -0.4 is 4.74 Å². The number of hydrogen-bond donors (Lipinski definition) is 0. The topological polar surface area (TPSA) is 133 Å². The summed E-state index contributed by atoms with van der Waals surface area (Å²) in [4.78, 5) is 38.0. The van der Waals surface area contributed by atoms with E-state index < -0.39 is 41.4 Å². The second-order valence-corrected chi connectivity index (χ2v) is 7.08. The van der Waals surface area contributed by atoms with E-state index in [2.05, 4.69) is 14.3 Å². The van der Waals surface area contributed by atoms with Crippen molar-refractivity contribution in [3.05, 3.63) is 44.0 Å². The summed E-state index contributed by atoms with van der Waals surface area (Å²) < 4.78 is 64.6. The lowest BCUT2D eigenvalue weighted by Crippen LogP contribution is -2.41. The van der Waals surface area contributed by atoms with Crippen LogP contribution >= 0.6 is 11.6 Å². The van der Waals surface area contributed by atoms with Crippen LogP contribution in [0.1, 0.15) is 18.1 Å². The lowest BCUT2D eigenvalue weighted by Gasteiger charge is -2.29. The number of esters is 1. The smallest absolute Gasteiger partial charge is 0.475 e. The largest absolute Gasteiger partial charge is 0.511 e. The summed E-state index contributed by atoms with van der Waals surface area (Å²) in [6.45, 7) is 1.67. The van der Waals surface area contributed by atoms with E-state index in [0.717, 1.165) is 13.0 Å². The molecule has 1 heterocycles. The Bertz CT molecular complexity index is 953. The Labute approximate surface area is 195 Å². The van der Waals surface area contributed by atoms with Crippen LogP contribution in [0.3, 0.4) is 0 Å². The maximum absolute atomic E-state index is 13.5. The Balaban J connectivity index is 1.92. The third kappa shape index (κ3) is 7.95. The van der Waals surface area contributed by atoms with Crippen LogP contribution in [0.15, 0.2) is 17.7 Å². The van der Waals surface area contributed by atoms with Gasteiger partial charge in [-0.1, -0.05) is 11.6 Å². The highest BCUT2D eigenvalue weighted by molar-refractivity contribution is 6.30. The molecule has 0 radical (unpaired) electrons. The lowest BCUT2D eigenvalue weighted by atomic mass is 9.99. The average molecular weight is 514 g/mol. The Morgan fingerprint density at radius 2 is 1.88 bits per heavy atom. The van der Waals surface area contributed by atoms with Gasteiger partial charge in [0.05, 0.1) is 18.8 Å². The standard InChI is InChI=1S/C19H19ClF3NO10/c1-10-7-13(20)8-12-9-14(16(19(21,22)23)34-15(10)12)17(25)32-11(2)33-18(26)30-5-3-29-4-6-31-24(27)28/h7-9,11,16H,3-6H2,1-2H3. The second kappa shape index (κ2) is 11.7. The summed E-state index contributed by atoms with van der Waals surface area (Å²) in [7, 11) is 0. The Hall–Kier alpha value is -3.26. The third-order valence-electron chi connectivity index (χ3n) is 4.04. The quantitative estimate of drug-likeness (QED) is 0.150. The van der Waals surface area contributed by atoms with E-state index in [0.29, 0.717) is 5.56 Å². The van der Waals surface area contributed by atoms with Crippen molar-refractivity contribution in [1.29, 1.82) is 0 Å². The number of benzene rings is 1. The molecule has 0 spiro atoms. The fourth-order valence-corrected chi connectivity index (χ4v) is 3.01. The van der Waals surface area contributed by atoms with Gasteiger partial charge in [0.1, 0.15) is 19.0 Å². The summed E-state index contributed by atoms with van der Waals surface area (Å²) in [6, 6.07) is 2.74. The van der Waals surface area contributed by atoms with E-state index in [-0.39, 0.29) is 42.8 Å². The summed E-state index contributed by atoms with van der Waals surface area (Å²) in [6.07, 6.45) is -9.50. The van der Waals surface area contributed by atoms with Gasteiger partial charge in [-0.05, 0) is 30.7 Å². The van der Waals surface area contributed by atoms with Crippen molar-refractivity contribution in [3.8, 4) is 5.75 Å². The predicted molar refractivity (Wildman–Crippen MR) is 106 cm³/mol. The molecule has 11 nitrogen and oxygen atoms in total. The summed E-state index contributed by atoms with van der Waals surface area (Å²) in [5, 5.41) is 9.17. The summed E-state index contributed by atoms with van der Waals surface area (Å²) in [5.41, 5.74) is -0.376. The molecule has 188 valence electrons. The number of rotatable bonds is 10. The summed E-state index contributed by atoms with van der Waals surface area (Å²) in [5.74, 6) is -1.51. The van der Waals surface area contributed by atoms with Crippen LogP contribution in [0, 0.1) is 17.0 Å². The Kier molecular flexibility index (Phi) is 9.32. The number of aryl methyl sites for hydroxylation is 1. The van der Waals surface area contributed by atoms with Gasteiger partial charge in [0.15, 0.2) is 0 Å². The van der Waals surface area contributed by atoms with Crippen molar-refractivity contribution < 1.29 is 56.4 Å². The van der Waals surface area contributed by atoms with E-state index in [1.54, 1.807) is 0 Å². The van der Waals surface area contributed by atoms with Gasteiger partial charge >= 0.3 is 18.3 Å². The molecule has 0 aliphatic carbocycles. The number of alkyl halides is 3. The van der Waals surface area contributed by atoms with Gasteiger partial charge < -0.3 is 28.5 Å². The summed E-state index contributed by atoms with van der Waals surface area (Å²) >= 11 is 5.93. The molecule has 0 saturated carbocycles. The minimum Gasteiger partial charge on any atom is -0.475 e. The third-order valence-corrected chi connectivity index (χ3v) is 4.26. The number of fused-ring (bicyclic) bond motifs is 1. The Morgan fingerprint density at radius 3 is 2.53 bits per heavy atom. The van der Waals surface area contributed by atoms with E-state index in [4.69, 9.17) is 25.8 Å². The van der Waals surface area contributed by atoms with E-state index in [1.165, 1.54) is 19.1 Å². The molecule has 34 heavy (non-hydrogen) atoms. The van der Waals surface area contributed by atoms with Crippen molar-refractivity contribution in [1.82, 2.24) is 0 Å². The molecule has 1 aromatic rings. The number of halogens is 4. The maximum Gasteiger partial charge on any atom is 0.511 e. The lowest BCUT2D eigenvalue weighted by molar-refractivity contribution is -0.758. The highest BCUT2D eigenvalue weighted by atomic mass is 35.5. The fourth-order valence-electron chi connectivity index (χ4n) is 2.73. The van der Waals surface area contributed by atoms with Gasteiger partial charge in [0.2, 0.25) is 12.4 Å². The molecule has 15 heteroatoms. The van der Waals surface area contributed by atoms with Gasteiger partial charge in [0.25, 0.3) is 5.09 Å². The van der Waals surface area contributed by atoms with E-state index in [1.807, 2.05) is 0 Å². The van der Waals surface area contributed by atoms with Gasteiger partial charge in [-0.25, -0.2) is 9.59 Å². The van der Waals surface area contributed by atoms with Crippen molar-refractivity contribution in [2.24, 2.45) is 0 Å². The molecule has 0 fully saturated rings. The normalized spacial score (nSPS) is 15.8. The predicted octanol–water partition coefficient (Wildman–Crippen LogP) is 3.62. The van der Waals surface area contributed by atoms with E-state index in [9.17, 15) is 32.9 Å². The molecule has 1 aliphatic heterocycles. The molecular formula is C19H19ClF3NO10. The highest BCUT2D eigenvalue weighted by Crippen LogP contribution is 2.40. The van der Waals surface area contributed by atoms with Crippen molar-refractivity contribution >= 4 is 29.8 Å². The zero-order chi connectivity index (χ0) is 25.5. The molecular weight excluding hydrogens is 495 g/mol. The average Bonchev–Trinajstić information content (AvgIpc) is 2.70. The molecule has 0 N–H and O–H groups in total. The van der Waals surface area contributed by atoms with Crippen LogP contribution in [-0.4, -0.2) is 62.2 Å². The van der Waals surface area contributed by atoms with Crippen LogP contribution in [0.5, 0.6) is 5.75 Å². The van der Waals surface area contributed by atoms with Gasteiger partial charge in [-0.3, -0.25) is 0 Å². The maximum atomic E-state index is 13.5. The number of ether oxygens (including phenoxy) is 5. The van der Waals surface area contributed by atoms with Crippen LogP contribution in [0.25, 0.3) is 6.08 Å². The van der Waals surface area contributed by atoms with Gasteiger partial charge in [-0.15, -0.1) is 10.1 Å². The van der Waals surface area contributed by atoms with Crippen LogP contribution in [0.2, 0.25) is 5.02 Å². The molecule has 0 aromatic heterocycles. The molecule has 2 atom stereocenters. The van der Waals surface area contributed by atoms with E-state index >= 15 is 0 Å². The number of carbonyl (C=O) groups excluding carboxylic acids is 2. The first-order chi connectivity index (χ1) is 15.9.